The Hall–Kier alpha value is -1.52. The molecule has 0 aliphatic heterocycles. The zero-order valence-corrected chi connectivity index (χ0v) is 10.2. The Morgan fingerprint density at radius 1 is 1.12 bits per heavy atom. The van der Waals surface area contributed by atoms with Crippen LogP contribution >= 0.6 is 23.4 Å². The van der Waals surface area contributed by atoms with E-state index in [9.17, 15) is 9.59 Å². The number of hydrogen-bond donors (Lipinski definition) is 1. The first-order chi connectivity index (χ1) is 8.15. The van der Waals surface area contributed by atoms with Gasteiger partial charge in [-0.15, -0.1) is 0 Å². The summed E-state index contributed by atoms with van der Waals surface area (Å²) in [6, 6.07) is 9.83. The number of halogens is 1. The molecule has 1 heterocycles. The predicted octanol–water partition coefficient (Wildman–Crippen LogP) is 2.96. The number of nitrogens with one attached hydrogen (secondary N) is 1. The van der Waals surface area contributed by atoms with Crippen LogP contribution in [0.1, 0.15) is 10.4 Å². The largest absolute Gasteiger partial charge is 0.328 e. The first-order valence-corrected chi connectivity index (χ1v) is 6.01. The summed E-state index contributed by atoms with van der Waals surface area (Å²) in [4.78, 5) is 25.9. The molecule has 0 saturated carbocycles. The van der Waals surface area contributed by atoms with Gasteiger partial charge in [0.05, 0.1) is 0 Å². The summed E-state index contributed by atoms with van der Waals surface area (Å²) < 4.78 is 0. The van der Waals surface area contributed by atoms with Crippen molar-refractivity contribution in [1.29, 1.82) is 0 Å². The Kier molecular flexibility index (Phi) is 3.66. The Morgan fingerprint density at radius 3 is 2.41 bits per heavy atom. The Morgan fingerprint density at radius 2 is 1.82 bits per heavy atom. The summed E-state index contributed by atoms with van der Waals surface area (Å²) in [6.07, 6.45) is 1.41. The molecule has 0 amide bonds. The summed E-state index contributed by atoms with van der Waals surface area (Å²) in [5.41, 5.74) is 0.239. The lowest BCUT2D eigenvalue weighted by atomic mass is 10.3. The quantitative estimate of drug-likeness (QED) is 0.850. The molecule has 0 bridgehead atoms. The molecule has 0 radical (unpaired) electrons. The second kappa shape index (κ2) is 5.21. The minimum atomic E-state index is -0.224. The van der Waals surface area contributed by atoms with Crippen molar-refractivity contribution in [3.8, 4) is 0 Å². The van der Waals surface area contributed by atoms with Gasteiger partial charge in [-0.1, -0.05) is 11.6 Å². The second-order valence-electron chi connectivity index (χ2n) is 3.29. The average molecular weight is 266 g/mol. The molecule has 0 fully saturated rings. The monoisotopic (exact) mass is 265 g/mol. The van der Waals surface area contributed by atoms with E-state index in [-0.39, 0.29) is 10.7 Å². The normalized spacial score (nSPS) is 10.2. The highest BCUT2D eigenvalue weighted by Gasteiger charge is 2.07. The number of aromatic amines is 1. The van der Waals surface area contributed by atoms with Crippen LogP contribution in [0.5, 0.6) is 0 Å². The molecule has 1 N–H and O–H groups in total. The van der Waals surface area contributed by atoms with Crippen LogP contribution in [0.15, 0.2) is 52.3 Å². The number of thioether (sulfide) groups is 1. The standard InChI is InChI=1S/C12H8ClNO2S/c13-9-2-4-10(5-3-9)17-12(16)8-1-6-11(15)14-7-8/h1-7H,(H,14,15). The molecule has 5 heteroatoms. The van der Waals surface area contributed by atoms with Crippen molar-refractivity contribution >= 4 is 28.5 Å². The average Bonchev–Trinajstić information content (AvgIpc) is 2.33. The molecule has 1 aromatic heterocycles. The number of rotatable bonds is 2. The van der Waals surface area contributed by atoms with E-state index in [1.807, 2.05) is 0 Å². The SMILES string of the molecule is O=C(Sc1ccc(Cl)cc1)c1ccc(=O)[nH]c1. The van der Waals surface area contributed by atoms with Gasteiger partial charge in [-0.05, 0) is 42.1 Å². The lowest BCUT2D eigenvalue weighted by molar-refractivity contribution is 0.108. The van der Waals surface area contributed by atoms with E-state index in [0.717, 1.165) is 16.7 Å². The van der Waals surface area contributed by atoms with E-state index in [0.29, 0.717) is 10.6 Å². The van der Waals surface area contributed by atoms with Crippen LogP contribution in [0, 0.1) is 0 Å². The predicted molar refractivity (Wildman–Crippen MR) is 68.7 cm³/mol. The molecule has 1 aromatic carbocycles. The molecular formula is C12H8ClNO2S. The van der Waals surface area contributed by atoms with Gasteiger partial charge in [0.15, 0.2) is 0 Å². The highest BCUT2D eigenvalue weighted by molar-refractivity contribution is 8.14. The van der Waals surface area contributed by atoms with Crippen molar-refractivity contribution in [3.63, 3.8) is 0 Å². The van der Waals surface area contributed by atoms with Crippen LogP contribution in [-0.4, -0.2) is 10.1 Å². The van der Waals surface area contributed by atoms with Gasteiger partial charge in [0, 0.05) is 27.7 Å². The number of benzene rings is 1. The molecule has 0 aliphatic carbocycles. The van der Waals surface area contributed by atoms with Gasteiger partial charge in [0.2, 0.25) is 10.7 Å². The zero-order chi connectivity index (χ0) is 12.3. The highest BCUT2D eigenvalue weighted by Crippen LogP contribution is 2.23. The fourth-order valence-corrected chi connectivity index (χ4v) is 2.06. The third-order valence-corrected chi connectivity index (χ3v) is 3.23. The van der Waals surface area contributed by atoms with Crippen LogP contribution in [0.4, 0.5) is 0 Å². The fraction of sp³-hybridized carbons (Fsp3) is 0. The van der Waals surface area contributed by atoms with Crippen molar-refractivity contribution in [2.45, 2.75) is 4.90 Å². The number of carbonyl (C=O) groups is 1. The lowest BCUT2D eigenvalue weighted by Gasteiger charge is -2.00. The Bertz CT molecular complexity index is 572. The first-order valence-electron chi connectivity index (χ1n) is 4.81. The summed E-state index contributed by atoms with van der Waals surface area (Å²) in [5.74, 6) is 0. The molecule has 0 aliphatic rings. The first kappa shape index (κ1) is 12.0. The summed E-state index contributed by atoms with van der Waals surface area (Å²) in [5, 5.41) is 0.509. The molecule has 17 heavy (non-hydrogen) atoms. The van der Waals surface area contributed by atoms with Crippen molar-refractivity contribution in [2.75, 3.05) is 0 Å². The lowest BCUT2D eigenvalue weighted by Crippen LogP contribution is -2.05. The van der Waals surface area contributed by atoms with Crippen LogP contribution in [0.2, 0.25) is 5.02 Å². The second-order valence-corrected chi connectivity index (χ2v) is 4.77. The molecule has 0 saturated heterocycles. The maximum absolute atomic E-state index is 11.8. The third kappa shape index (κ3) is 3.22. The number of aromatic nitrogens is 1. The van der Waals surface area contributed by atoms with Crippen molar-refractivity contribution < 1.29 is 4.79 Å². The Labute approximate surface area is 107 Å². The maximum atomic E-state index is 11.8. The number of hydrogen-bond acceptors (Lipinski definition) is 3. The minimum Gasteiger partial charge on any atom is -0.328 e. The van der Waals surface area contributed by atoms with Gasteiger partial charge in [0.1, 0.15) is 0 Å². The van der Waals surface area contributed by atoms with E-state index in [2.05, 4.69) is 4.98 Å². The van der Waals surface area contributed by atoms with Gasteiger partial charge >= 0.3 is 0 Å². The van der Waals surface area contributed by atoms with Crippen LogP contribution < -0.4 is 5.56 Å². The van der Waals surface area contributed by atoms with Gasteiger partial charge in [-0.2, -0.15) is 0 Å². The maximum Gasteiger partial charge on any atom is 0.247 e. The Balaban J connectivity index is 2.14. The molecule has 2 rings (SSSR count). The fourth-order valence-electron chi connectivity index (χ4n) is 1.21. The zero-order valence-electron chi connectivity index (χ0n) is 8.64. The molecule has 86 valence electrons. The van der Waals surface area contributed by atoms with E-state index < -0.39 is 0 Å². The smallest absolute Gasteiger partial charge is 0.247 e. The molecule has 0 atom stereocenters. The topological polar surface area (TPSA) is 49.9 Å². The van der Waals surface area contributed by atoms with E-state index in [4.69, 9.17) is 11.6 Å². The summed E-state index contributed by atoms with van der Waals surface area (Å²) in [7, 11) is 0. The van der Waals surface area contributed by atoms with E-state index in [1.54, 1.807) is 24.3 Å². The van der Waals surface area contributed by atoms with Gasteiger partial charge in [0.25, 0.3) is 0 Å². The molecule has 0 spiro atoms. The van der Waals surface area contributed by atoms with Gasteiger partial charge < -0.3 is 4.98 Å². The molecular weight excluding hydrogens is 258 g/mol. The molecule has 0 unspecified atom stereocenters. The minimum absolute atomic E-state index is 0.122. The van der Waals surface area contributed by atoms with Crippen molar-refractivity contribution in [2.24, 2.45) is 0 Å². The van der Waals surface area contributed by atoms with Crippen LogP contribution in [-0.2, 0) is 0 Å². The number of carbonyl (C=O) groups excluding carboxylic acids is 1. The molecule has 3 nitrogen and oxygen atoms in total. The van der Waals surface area contributed by atoms with E-state index >= 15 is 0 Å². The van der Waals surface area contributed by atoms with E-state index in [1.165, 1.54) is 18.3 Å². The molecule has 2 aromatic rings. The number of pyridine rings is 1. The van der Waals surface area contributed by atoms with Crippen LogP contribution in [0.3, 0.4) is 0 Å². The van der Waals surface area contributed by atoms with Crippen molar-refractivity contribution in [3.05, 3.63) is 63.5 Å². The summed E-state index contributed by atoms with van der Waals surface area (Å²) >= 11 is 6.84. The van der Waals surface area contributed by atoms with Crippen molar-refractivity contribution in [1.82, 2.24) is 4.98 Å². The third-order valence-electron chi connectivity index (χ3n) is 2.04. The van der Waals surface area contributed by atoms with Crippen LogP contribution in [0.25, 0.3) is 0 Å². The highest BCUT2D eigenvalue weighted by atomic mass is 35.5. The van der Waals surface area contributed by atoms with Gasteiger partial charge in [-0.3, -0.25) is 9.59 Å². The van der Waals surface area contributed by atoms with Gasteiger partial charge in [-0.25, -0.2) is 0 Å². The number of H-pyrrole nitrogens is 1. The summed E-state index contributed by atoms with van der Waals surface area (Å²) in [6.45, 7) is 0.